The van der Waals surface area contributed by atoms with Gasteiger partial charge in [0.25, 0.3) is 0 Å². The number of benzene rings is 1. The number of nitrogens with zero attached hydrogens (tertiary/aromatic N) is 3. The summed E-state index contributed by atoms with van der Waals surface area (Å²) < 4.78 is 13.0. The predicted octanol–water partition coefficient (Wildman–Crippen LogP) is 3.21. The van der Waals surface area contributed by atoms with Gasteiger partial charge in [0.1, 0.15) is 5.82 Å². The van der Waals surface area contributed by atoms with E-state index in [4.69, 9.17) is 0 Å². The molecule has 1 aromatic carbocycles. The summed E-state index contributed by atoms with van der Waals surface area (Å²) >= 11 is 0. The first-order valence-corrected chi connectivity index (χ1v) is 11.0. The summed E-state index contributed by atoms with van der Waals surface area (Å²) in [7, 11) is 0. The van der Waals surface area contributed by atoms with Gasteiger partial charge in [-0.15, -0.1) is 0 Å². The summed E-state index contributed by atoms with van der Waals surface area (Å²) in [6.45, 7) is 5.60. The van der Waals surface area contributed by atoms with Gasteiger partial charge < -0.3 is 5.32 Å². The Balaban J connectivity index is 1.23. The molecule has 160 valence electrons. The fourth-order valence-corrected chi connectivity index (χ4v) is 4.68. The van der Waals surface area contributed by atoms with Crippen molar-refractivity contribution in [1.29, 1.82) is 0 Å². The van der Waals surface area contributed by atoms with Crippen molar-refractivity contribution in [2.45, 2.75) is 44.8 Å². The number of hydrogen-bond donors (Lipinski definition) is 1. The van der Waals surface area contributed by atoms with Crippen LogP contribution in [-0.4, -0.2) is 52.9 Å². The van der Waals surface area contributed by atoms with Crippen LogP contribution in [0.2, 0.25) is 0 Å². The first-order chi connectivity index (χ1) is 14.7. The molecule has 4 rings (SSSR count). The van der Waals surface area contributed by atoms with E-state index < -0.39 is 0 Å². The van der Waals surface area contributed by atoms with E-state index in [2.05, 4.69) is 32.2 Å². The van der Waals surface area contributed by atoms with Crippen molar-refractivity contribution in [3.63, 3.8) is 0 Å². The number of rotatable bonds is 6. The molecule has 1 atom stereocenters. The highest BCUT2D eigenvalue weighted by Gasteiger charge is 2.31. The second-order valence-corrected chi connectivity index (χ2v) is 8.54. The summed E-state index contributed by atoms with van der Waals surface area (Å²) in [5.41, 5.74) is 2.25. The summed E-state index contributed by atoms with van der Waals surface area (Å²) in [5, 5.41) is 3.04. The minimum atomic E-state index is -0.250. The van der Waals surface area contributed by atoms with Crippen molar-refractivity contribution in [2.75, 3.05) is 26.2 Å². The maximum atomic E-state index is 13.0. The Labute approximate surface area is 178 Å². The largest absolute Gasteiger partial charge is 0.352 e. The first-order valence-electron chi connectivity index (χ1n) is 11.0. The van der Waals surface area contributed by atoms with E-state index in [-0.39, 0.29) is 17.6 Å². The van der Waals surface area contributed by atoms with Gasteiger partial charge in [0.2, 0.25) is 5.91 Å². The molecule has 0 spiro atoms. The van der Waals surface area contributed by atoms with Gasteiger partial charge in [-0.3, -0.25) is 19.6 Å². The van der Waals surface area contributed by atoms with Crippen molar-refractivity contribution in [2.24, 2.45) is 5.92 Å². The molecule has 5 nitrogen and oxygen atoms in total. The molecule has 1 N–H and O–H groups in total. The third kappa shape index (κ3) is 5.64. The summed E-state index contributed by atoms with van der Waals surface area (Å²) in [5.74, 6) is -0.0759. The number of pyridine rings is 1. The van der Waals surface area contributed by atoms with Crippen LogP contribution in [0.3, 0.4) is 0 Å². The van der Waals surface area contributed by atoms with Gasteiger partial charge in [0.15, 0.2) is 0 Å². The highest BCUT2D eigenvalue weighted by Crippen LogP contribution is 2.24. The Morgan fingerprint density at radius 3 is 2.47 bits per heavy atom. The Morgan fingerprint density at radius 1 is 1.00 bits per heavy atom. The molecule has 0 aliphatic carbocycles. The first kappa shape index (κ1) is 20.9. The number of aromatic nitrogens is 1. The van der Waals surface area contributed by atoms with Crippen molar-refractivity contribution in [3.8, 4) is 0 Å². The average molecular weight is 411 g/mol. The topological polar surface area (TPSA) is 48.5 Å². The minimum Gasteiger partial charge on any atom is -0.352 e. The molecule has 2 aliphatic heterocycles. The van der Waals surface area contributed by atoms with Gasteiger partial charge in [-0.1, -0.05) is 12.1 Å². The fourth-order valence-electron chi connectivity index (χ4n) is 4.68. The standard InChI is InChI=1S/C24H31FN4O/c25-22-5-3-19(4-6-22)16-27-24(30)21-2-1-13-29(18-21)23-9-14-28(15-10-23)17-20-7-11-26-12-8-20/h3-8,11-12,21,23H,1-2,9-10,13-18H2,(H,27,30)/t21-/m1/s1. The van der Waals surface area contributed by atoms with Gasteiger partial charge in [-0.25, -0.2) is 4.39 Å². The smallest absolute Gasteiger partial charge is 0.224 e. The minimum absolute atomic E-state index is 0.0500. The Hall–Kier alpha value is -2.31. The molecular weight excluding hydrogens is 379 g/mol. The predicted molar refractivity (Wildman–Crippen MR) is 115 cm³/mol. The monoisotopic (exact) mass is 410 g/mol. The lowest BCUT2D eigenvalue weighted by Crippen LogP contribution is -2.50. The lowest BCUT2D eigenvalue weighted by Gasteiger charge is -2.42. The molecular formula is C24H31FN4O. The molecule has 0 bridgehead atoms. The van der Waals surface area contributed by atoms with Gasteiger partial charge in [-0.2, -0.15) is 0 Å². The second-order valence-electron chi connectivity index (χ2n) is 8.54. The number of hydrogen-bond acceptors (Lipinski definition) is 4. The van der Waals surface area contributed by atoms with Crippen LogP contribution < -0.4 is 5.32 Å². The van der Waals surface area contributed by atoms with Crippen LogP contribution in [0.25, 0.3) is 0 Å². The fraction of sp³-hybridized carbons (Fsp3) is 0.500. The molecule has 3 heterocycles. The van der Waals surface area contributed by atoms with Gasteiger partial charge in [-0.05, 0) is 80.7 Å². The maximum absolute atomic E-state index is 13.0. The van der Waals surface area contributed by atoms with Crippen molar-refractivity contribution < 1.29 is 9.18 Å². The number of piperidine rings is 2. The lowest BCUT2D eigenvalue weighted by molar-refractivity contribution is -0.127. The third-order valence-electron chi connectivity index (χ3n) is 6.43. The van der Waals surface area contributed by atoms with E-state index in [0.717, 1.165) is 64.0 Å². The zero-order valence-electron chi connectivity index (χ0n) is 17.5. The van der Waals surface area contributed by atoms with Crippen molar-refractivity contribution in [1.82, 2.24) is 20.1 Å². The van der Waals surface area contributed by atoms with Crippen LogP contribution in [0, 0.1) is 11.7 Å². The zero-order chi connectivity index (χ0) is 20.8. The van der Waals surface area contributed by atoms with Crippen LogP contribution in [0.5, 0.6) is 0 Å². The molecule has 2 saturated heterocycles. The number of nitrogens with one attached hydrogen (secondary N) is 1. The summed E-state index contributed by atoms with van der Waals surface area (Å²) in [4.78, 5) is 21.8. The molecule has 1 aromatic heterocycles. The Bertz CT molecular complexity index is 806. The molecule has 0 saturated carbocycles. The number of halogens is 1. The van der Waals surface area contributed by atoms with Crippen molar-refractivity contribution in [3.05, 3.63) is 65.7 Å². The van der Waals surface area contributed by atoms with Crippen molar-refractivity contribution >= 4 is 5.91 Å². The van der Waals surface area contributed by atoms with Crippen LogP contribution in [0.4, 0.5) is 4.39 Å². The van der Waals surface area contributed by atoms with E-state index in [1.165, 1.54) is 17.7 Å². The van der Waals surface area contributed by atoms with E-state index in [1.807, 2.05) is 12.4 Å². The molecule has 30 heavy (non-hydrogen) atoms. The average Bonchev–Trinajstić information content (AvgIpc) is 2.80. The highest BCUT2D eigenvalue weighted by atomic mass is 19.1. The van der Waals surface area contributed by atoms with Crippen LogP contribution >= 0.6 is 0 Å². The van der Waals surface area contributed by atoms with Crippen LogP contribution in [0.15, 0.2) is 48.8 Å². The third-order valence-corrected chi connectivity index (χ3v) is 6.43. The molecule has 1 amide bonds. The highest BCUT2D eigenvalue weighted by molar-refractivity contribution is 5.79. The Morgan fingerprint density at radius 2 is 1.73 bits per heavy atom. The molecule has 0 unspecified atom stereocenters. The molecule has 6 heteroatoms. The SMILES string of the molecule is O=C(NCc1ccc(F)cc1)[C@@H]1CCCN(C2CCN(Cc3ccncc3)CC2)C1. The maximum Gasteiger partial charge on any atom is 0.224 e. The van der Waals surface area contributed by atoms with E-state index in [0.29, 0.717) is 12.6 Å². The van der Waals surface area contributed by atoms with Gasteiger partial charge in [0, 0.05) is 38.1 Å². The zero-order valence-corrected chi connectivity index (χ0v) is 17.5. The summed E-state index contributed by atoms with van der Waals surface area (Å²) in [6, 6.07) is 11.1. The lowest BCUT2D eigenvalue weighted by atomic mass is 9.93. The normalized spacial score (nSPS) is 21.4. The van der Waals surface area contributed by atoms with Gasteiger partial charge >= 0.3 is 0 Å². The van der Waals surface area contributed by atoms with E-state index in [1.54, 1.807) is 12.1 Å². The molecule has 2 aromatic rings. The van der Waals surface area contributed by atoms with E-state index in [9.17, 15) is 9.18 Å². The molecule has 2 fully saturated rings. The van der Waals surface area contributed by atoms with Crippen LogP contribution in [0.1, 0.15) is 36.8 Å². The van der Waals surface area contributed by atoms with Gasteiger partial charge in [0.05, 0.1) is 5.92 Å². The Kier molecular flexibility index (Phi) is 7.07. The number of likely N-dealkylation sites (tertiary alicyclic amines) is 2. The number of carbonyl (C=O) groups is 1. The quantitative estimate of drug-likeness (QED) is 0.795. The second kappa shape index (κ2) is 10.1. The molecule has 0 radical (unpaired) electrons. The summed E-state index contributed by atoms with van der Waals surface area (Å²) in [6.07, 6.45) is 8.07. The van der Waals surface area contributed by atoms with Crippen LogP contribution in [-0.2, 0) is 17.9 Å². The number of amides is 1. The molecule has 2 aliphatic rings. The number of carbonyl (C=O) groups excluding carboxylic acids is 1. The van der Waals surface area contributed by atoms with E-state index >= 15 is 0 Å².